The zero-order valence-corrected chi connectivity index (χ0v) is 16.1. The van der Waals surface area contributed by atoms with Crippen LogP contribution in [0.3, 0.4) is 0 Å². The fraction of sp³-hybridized carbons (Fsp3) is 0.688. The van der Waals surface area contributed by atoms with E-state index in [1.54, 1.807) is 13.8 Å². The van der Waals surface area contributed by atoms with E-state index in [1.807, 2.05) is 5.32 Å². The number of aliphatic hydroxyl groups is 2. The lowest BCUT2D eigenvalue weighted by molar-refractivity contribution is -0.144. The van der Waals surface area contributed by atoms with Gasteiger partial charge in [-0.05, 0) is 5.92 Å². The Labute approximate surface area is 166 Å². The number of carboxylic acids is 2. The number of nitrogens with two attached hydrogens (primary N) is 1. The highest BCUT2D eigenvalue weighted by molar-refractivity contribution is 5.95. The Morgan fingerprint density at radius 1 is 0.862 bits per heavy atom. The van der Waals surface area contributed by atoms with Gasteiger partial charge in [0.2, 0.25) is 17.7 Å². The van der Waals surface area contributed by atoms with Gasteiger partial charge in [-0.1, -0.05) is 20.3 Å². The highest BCUT2D eigenvalue weighted by Crippen LogP contribution is 2.09. The van der Waals surface area contributed by atoms with E-state index in [0.717, 1.165) is 0 Å². The minimum Gasteiger partial charge on any atom is -0.481 e. The van der Waals surface area contributed by atoms with E-state index in [-0.39, 0.29) is 0 Å². The van der Waals surface area contributed by atoms with Gasteiger partial charge < -0.3 is 42.1 Å². The molecule has 5 unspecified atom stereocenters. The van der Waals surface area contributed by atoms with E-state index in [1.165, 1.54) is 0 Å². The van der Waals surface area contributed by atoms with E-state index in [0.29, 0.717) is 6.42 Å². The number of hydrogen-bond acceptors (Lipinski definition) is 8. The van der Waals surface area contributed by atoms with Crippen molar-refractivity contribution in [2.75, 3.05) is 13.2 Å². The van der Waals surface area contributed by atoms with Gasteiger partial charge in [-0.3, -0.25) is 19.2 Å². The molecule has 0 bridgehead atoms. The SMILES string of the molecule is CCC(C)C(NC(=O)C(N)CO)C(=O)NC(CC(=O)O)C(=O)NC(CO)C(=O)O. The number of amides is 3. The topological polar surface area (TPSA) is 228 Å². The van der Waals surface area contributed by atoms with Gasteiger partial charge >= 0.3 is 11.9 Å². The van der Waals surface area contributed by atoms with Gasteiger partial charge in [0.15, 0.2) is 0 Å². The van der Waals surface area contributed by atoms with Crippen molar-refractivity contribution < 1.29 is 44.4 Å². The van der Waals surface area contributed by atoms with E-state index >= 15 is 0 Å². The van der Waals surface area contributed by atoms with Gasteiger partial charge in [-0.15, -0.1) is 0 Å². The van der Waals surface area contributed by atoms with E-state index in [2.05, 4.69) is 10.6 Å². The Kier molecular flexibility index (Phi) is 11.4. The molecular formula is C16H28N4O9. The number of carboxylic acid groups (broad SMARTS) is 2. The van der Waals surface area contributed by atoms with Crippen LogP contribution in [0, 0.1) is 5.92 Å². The Hall–Kier alpha value is -2.77. The molecule has 9 N–H and O–H groups in total. The third kappa shape index (κ3) is 8.85. The number of carbonyl (C=O) groups is 5. The molecule has 0 rings (SSSR count). The van der Waals surface area contributed by atoms with Crippen LogP contribution in [0.25, 0.3) is 0 Å². The van der Waals surface area contributed by atoms with Crippen molar-refractivity contribution in [3.63, 3.8) is 0 Å². The van der Waals surface area contributed by atoms with Crippen LogP contribution >= 0.6 is 0 Å². The van der Waals surface area contributed by atoms with Crippen molar-refractivity contribution in [2.45, 2.75) is 50.9 Å². The highest BCUT2D eigenvalue weighted by atomic mass is 16.4. The molecule has 0 aliphatic rings. The molecule has 13 heteroatoms. The van der Waals surface area contributed by atoms with Crippen LogP contribution in [-0.2, 0) is 24.0 Å². The monoisotopic (exact) mass is 420 g/mol. The lowest BCUT2D eigenvalue weighted by Crippen LogP contribution is -2.59. The van der Waals surface area contributed by atoms with E-state index in [4.69, 9.17) is 26.2 Å². The Balaban J connectivity index is 5.46. The summed E-state index contributed by atoms with van der Waals surface area (Å²) in [5, 5.41) is 42.2. The smallest absolute Gasteiger partial charge is 0.328 e. The summed E-state index contributed by atoms with van der Waals surface area (Å²) in [6, 6.07) is -5.83. The molecule has 0 spiro atoms. The number of rotatable bonds is 13. The van der Waals surface area contributed by atoms with Gasteiger partial charge in [0.25, 0.3) is 0 Å². The van der Waals surface area contributed by atoms with Crippen LogP contribution in [0.1, 0.15) is 26.7 Å². The van der Waals surface area contributed by atoms with Gasteiger partial charge in [0.1, 0.15) is 24.2 Å². The quantitative estimate of drug-likeness (QED) is 0.146. The molecule has 3 amide bonds. The normalized spacial score (nSPS) is 15.9. The molecule has 0 aromatic rings. The second kappa shape index (κ2) is 12.6. The second-order valence-electron chi connectivity index (χ2n) is 6.40. The first kappa shape index (κ1) is 26.2. The van der Waals surface area contributed by atoms with Crippen molar-refractivity contribution >= 4 is 29.7 Å². The number of nitrogens with one attached hydrogen (secondary N) is 3. The summed E-state index contributed by atoms with van der Waals surface area (Å²) in [5.74, 6) is -6.30. The molecule has 0 radical (unpaired) electrons. The lowest BCUT2D eigenvalue weighted by atomic mass is 9.97. The van der Waals surface area contributed by atoms with Crippen molar-refractivity contribution in [3.8, 4) is 0 Å². The van der Waals surface area contributed by atoms with Crippen LogP contribution in [0.2, 0.25) is 0 Å². The van der Waals surface area contributed by atoms with Gasteiger partial charge in [-0.2, -0.15) is 0 Å². The molecule has 0 aromatic carbocycles. The molecular weight excluding hydrogens is 392 g/mol. The summed E-state index contributed by atoms with van der Waals surface area (Å²) >= 11 is 0. The second-order valence-corrected chi connectivity index (χ2v) is 6.40. The summed E-state index contributed by atoms with van der Waals surface area (Å²) in [6.45, 7) is 1.73. The van der Waals surface area contributed by atoms with Crippen molar-refractivity contribution in [1.82, 2.24) is 16.0 Å². The predicted molar refractivity (Wildman–Crippen MR) is 97.3 cm³/mol. The Morgan fingerprint density at radius 3 is 1.83 bits per heavy atom. The summed E-state index contributed by atoms with van der Waals surface area (Å²) in [7, 11) is 0. The van der Waals surface area contributed by atoms with Crippen molar-refractivity contribution in [2.24, 2.45) is 11.7 Å². The average Bonchev–Trinajstić information content (AvgIpc) is 2.66. The minimum atomic E-state index is -1.69. The van der Waals surface area contributed by atoms with Crippen LogP contribution in [0.4, 0.5) is 0 Å². The maximum absolute atomic E-state index is 12.6. The fourth-order valence-corrected chi connectivity index (χ4v) is 2.15. The zero-order chi connectivity index (χ0) is 22.7. The Bertz CT molecular complexity index is 613. The summed E-state index contributed by atoms with van der Waals surface area (Å²) < 4.78 is 0. The average molecular weight is 420 g/mol. The Morgan fingerprint density at radius 2 is 1.41 bits per heavy atom. The van der Waals surface area contributed by atoms with Crippen molar-refractivity contribution in [1.29, 1.82) is 0 Å². The first-order valence-corrected chi connectivity index (χ1v) is 8.81. The first-order chi connectivity index (χ1) is 13.5. The maximum Gasteiger partial charge on any atom is 0.328 e. The van der Waals surface area contributed by atoms with Gasteiger partial charge in [-0.25, -0.2) is 4.79 Å². The number of aliphatic hydroxyl groups excluding tert-OH is 2. The number of carbonyl (C=O) groups excluding carboxylic acids is 3. The standard InChI is InChI=1S/C16H28N4O9/c1-3-7(2)12(20-13(25)8(17)5-21)15(27)18-9(4-11(23)24)14(26)19-10(6-22)16(28)29/h7-10,12,21-22H,3-6,17H2,1-2H3,(H,18,27)(H,19,26)(H,20,25)(H,23,24)(H,28,29). The highest BCUT2D eigenvalue weighted by Gasteiger charge is 2.33. The zero-order valence-electron chi connectivity index (χ0n) is 16.1. The third-order valence-corrected chi connectivity index (χ3v) is 4.14. The van der Waals surface area contributed by atoms with Crippen molar-refractivity contribution in [3.05, 3.63) is 0 Å². The molecule has 0 aliphatic carbocycles. The van der Waals surface area contributed by atoms with Crippen LogP contribution in [-0.4, -0.2) is 87.5 Å². The molecule has 0 fully saturated rings. The molecule has 0 saturated carbocycles. The maximum atomic E-state index is 12.6. The largest absolute Gasteiger partial charge is 0.481 e. The number of hydrogen-bond donors (Lipinski definition) is 8. The summed E-state index contributed by atoms with van der Waals surface area (Å²) in [4.78, 5) is 58.7. The lowest BCUT2D eigenvalue weighted by Gasteiger charge is -2.27. The molecule has 0 aliphatic heterocycles. The molecule has 5 atom stereocenters. The van der Waals surface area contributed by atoms with Crippen LogP contribution in [0.5, 0.6) is 0 Å². The molecule has 0 saturated heterocycles. The molecule has 166 valence electrons. The minimum absolute atomic E-state index is 0.425. The molecule has 0 aromatic heterocycles. The van der Waals surface area contributed by atoms with E-state index < -0.39 is 79.4 Å². The molecule has 0 heterocycles. The number of aliphatic carboxylic acids is 2. The molecule has 13 nitrogen and oxygen atoms in total. The molecule has 29 heavy (non-hydrogen) atoms. The first-order valence-electron chi connectivity index (χ1n) is 8.81. The van der Waals surface area contributed by atoms with Gasteiger partial charge in [0.05, 0.1) is 19.6 Å². The van der Waals surface area contributed by atoms with Gasteiger partial charge in [0, 0.05) is 0 Å². The summed E-state index contributed by atoms with van der Waals surface area (Å²) in [5.41, 5.74) is 5.41. The van der Waals surface area contributed by atoms with Crippen LogP contribution in [0.15, 0.2) is 0 Å². The summed E-state index contributed by atoms with van der Waals surface area (Å²) in [6.07, 6.45) is -0.444. The fourth-order valence-electron chi connectivity index (χ4n) is 2.15. The predicted octanol–water partition coefficient (Wildman–Crippen LogP) is -3.64. The van der Waals surface area contributed by atoms with E-state index in [9.17, 15) is 24.0 Å². The third-order valence-electron chi connectivity index (χ3n) is 4.14. The van der Waals surface area contributed by atoms with Crippen LogP contribution < -0.4 is 21.7 Å².